The molecule has 0 bridgehead atoms. The quantitative estimate of drug-likeness (QED) is 0.719. The zero-order valence-electron chi connectivity index (χ0n) is 18.1. The first kappa shape index (κ1) is 22.4. The van der Waals surface area contributed by atoms with Gasteiger partial charge in [0, 0.05) is 36.4 Å². The van der Waals surface area contributed by atoms with E-state index in [9.17, 15) is 4.79 Å². The number of carbonyl (C=O) groups is 1. The summed E-state index contributed by atoms with van der Waals surface area (Å²) in [6, 6.07) is 11.6. The first-order chi connectivity index (χ1) is 14.4. The predicted octanol–water partition coefficient (Wildman–Crippen LogP) is 3.95. The third kappa shape index (κ3) is 5.25. The van der Waals surface area contributed by atoms with Gasteiger partial charge in [0.05, 0.1) is 32.1 Å². The number of hydrogen-bond acceptors (Lipinski definition) is 5. The minimum absolute atomic E-state index is 0.0959. The number of nitrogens with zero attached hydrogens (tertiary/aromatic N) is 2. The van der Waals surface area contributed by atoms with Gasteiger partial charge >= 0.3 is 0 Å². The van der Waals surface area contributed by atoms with Crippen molar-refractivity contribution >= 4 is 28.9 Å². The molecule has 6 nitrogen and oxygen atoms in total. The molecule has 162 valence electrons. The molecule has 30 heavy (non-hydrogen) atoms. The number of hydrogen-bond donors (Lipinski definition) is 1. The van der Waals surface area contributed by atoms with E-state index in [0.29, 0.717) is 23.0 Å². The zero-order chi connectivity index (χ0) is 21.7. The van der Waals surface area contributed by atoms with Crippen LogP contribution in [0.3, 0.4) is 0 Å². The standard InChI is InChI=1S/C23H30ClN3O3/c1-16-13-20(22(29-4)14-19(16)24)25-23(28)17(2)26(3)15-18-7-5-6-8-21(18)27-9-11-30-12-10-27/h5-8,13-14,17H,9-12,15H2,1-4H3,(H,25,28). The summed E-state index contributed by atoms with van der Waals surface area (Å²) in [7, 11) is 3.53. The number of anilines is 2. The Morgan fingerprint density at radius 2 is 2.00 bits per heavy atom. The summed E-state index contributed by atoms with van der Waals surface area (Å²) in [5, 5.41) is 3.59. The van der Waals surface area contributed by atoms with Crippen LogP contribution in [-0.4, -0.2) is 57.3 Å². The third-order valence-electron chi connectivity index (χ3n) is 5.54. The van der Waals surface area contributed by atoms with Gasteiger partial charge in [-0.3, -0.25) is 9.69 Å². The van der Waals surface area contributed by atoms with Crippen molar-refractivity contribution in [1.29, 1.82) is 0 Å². The van der Waals surface area contributed by atoms with Crippen LogP contribution in [0.5, 0.6) is 5.75 Å². The molecule has 2 aromatic rings. The predicted molar refractivity (Wildman–Crippen MR) is 122 cm³/mol. The molecule has 2 aromatic carbocycles. The van der Waals surface area contributed by atoms with Gasteiger partial charge in [-0.2, -0.15) is 0 Å². The molecule has 1 saturated heterocycles. The van der Waals surface area contributed by atoms with E-state index in [0.717, 1.165) is 31.9 Å². The minimum atomic E-state index is -0.330. The van der Waals surface area contributed by atoms with Crippen LogP contribution in [0.15, 0.2) is 36.4 Å². The van der Waals surface area contributed by atoms with E-state index in [4.69, 9.17) is 21.1 Å². The summed E-state index contributed by atoms with van der Waals surface area (Å²) in [5.74, 6) is 0.452. The Kier molecular flexibility index (Phi) is 7.58. The smallest absolute Gasteiger partial charge is 0.241 e. The van der Waals surface area contributed by atoms with Gasteiger partial charge in [-0.15, -0.1) is 0 Å². The van der Waals surface area contributed by atoms with Crippen molar-refractivity contribution in [1.82, 2.24) is 4.90 Å². The van der Waals surface area contributed by atoms with Gasteiger partial charge in [0.25, 0.3) is 0 Å². The molecule has 1 heterocycles. The minimum Gasteiger partial charge on any atom is -0.495 e. The van der Waals surface area contributed by atoms with Crippen molar-refractivity contribution in [3.8, 4) is 5.75 Å². The maximum atomic E-state index is 12.9. The zero-order valence-corrected chi connectivity index (χ0v) is 18.8. The number of rotatable bonds is 7. The normalized spacial score (nSPS) is 15.2. The Morgan fingerprint density at radius 3 is 2.70 bits per heavy atom. The third-order valence-corrected chi connectivity index (χ3v) is 5.95. The van der Waals surface area contributed by atoms with Crippen LogP contribution in [0.1, 0.15) is 18.1 Å². The molecule has 0 aliphatic carbocycles. The highest BCUT2D eigenvalue weighted by Gasteiger charge is 2.22. The van der Waals surface area contributed by atoms with Gasteiger partial charge < -0.3 is 19.7 Å². The number of halogens is 1. The van der Waals surface area contributed by atoms with Gasteiger partial charge in [0.1, 0.15) is 5.75 Å². The summed E-state index contributed by atoms with van der Waals surface area (Å²) < 4.78 is 10.9. The van der Waals surface area contributed by atoms with Crippen LogP contribution in [0.2, 0.25) is 5.02 Å². The number of benzene rings is 2. The lowest BCUT2D eigenvalue weighted by molar-refractivity contribution is -0.120. The molecule has 1 atom stereocenters. The van der Waals surface area contributed by atoms with E-state index in [2.05, 4.69) is 28.4 Å². The van der Waals surface area contributed by atoms with Crippen molar-refractivity contribution < 1.29 is 14.3 Å². The van der Waals surface area contributed by atoms with Crippen LogP contribution in [0.25, 0.3) is 0 Å². The van der Waals surface area contributed by atoms with Crippen molar-refractivity contribution in [2.75, 3.05) is 50.7 Å². The van der Waals surface area contributed by atoms with Gasteiger partial charge in [0.15, 0.2) is 0 Å². The van der Waals surface area contributed by atoms with Gasteiger partial charge in [-0.25, -0.2) is 0 Å². The average Bonchev–Trinajstić information content (AvgIpc) is 2.76. The molecular formula is C23H30ClN3O3. The number of carbonyl (C=O) groups excluding carboxylic acids is 1. The summed E-state index contributed by atoms with van der Waals surface area (Å²) in [4.78, 5) is 17.3. The van der Waals surface area contributed by atoms with E-state index in [1.54, 1.807) is 13.2 Å². The Bertz CT molecular complexity index is 884. The number of para-hydroxylation sites is 1. The second-order valence-electron chi connectivity index (χ2n) is 7.61. The number of likely N-dealkylation sites (N-methyl/N-ethyl adjacent to an activating group) is 1. The van der Waals surface area contributed by atoms with Crippen molar-refractivity contribution in [2.45, 2.75) is 26.4 Å². The second kappa shape index (κ2) is 10.2. The molecule has 7 heteroatoms. The molecule has 1 N–H and O–H groups in total. The maximum Gasteiger partial charge on any atom is 0.241 e. The van der Waals surface area contributed by atoms with Crippen LogP contribution in [0.4, 0.5) is 11.4 Å². The fourth-order valence-electron chi connectivity index (χ4n) is 3.53. The number of ether oxygens (including phenoxy) is 2. The van der Waals surface area contributed by atoms with E-state index in [-0.39, 0.29) is 11.9 Å². The highest BCUT2D eigenvalue weighted by atomic mass is 35.5. The highest BCUT2D eigenvalue weighted by Crippen LogP contribution is 2.31. The van der Waals surface area contributed by atoms with Gasteiger partial charge in [0.2, 0.25) is 5.91 Å². The van der Waals surface area contributed by atoms with Crippen molar-refractivity contribution in [3.63, 3.8) is 0 Å². The van der Waals surface area contributed by atoms with E-state index < -0.39 is 0 Å². The maximum absolute atomic E-state index is 12.9. The summed E-state index contributed by atoms with van der Waals surface area (Å²) in [6.07, 6.45) is 0. The lowest BCUT2D eigenvalue weighted by atomic mass is 10.1. The molecule has 3 rings (SSSR count). The molecular weight excluding hydrogens is 402 g/mol. The first-order valence-corrected chi connectivity index (χ1v) is 10.5. The topological polar surface area (TPSA) is 54.0 Å². The molecule has 1 unspecified atom stereocenters. The van der Waals surface area contributed by atoms with E-state index in [1.807, 2.05) is 37.9 Å². The molecule has 0 spiro atoms. The van der Waals surface area contributed by atoms with Crippen LogP contribution < -0.4 is 15.0 Å². The number of aryl methyl sites for hydroxylation is 1. The number of methoxy groups -OCH3 is 1. The molecule has 0 radical (unpaired) electrons. The van der Waals surface area contributed by atoms with Crippen molar-refractivity contribution in [3.05, 3.63) is 52.5 Å². The van der Waals surface area contributed by atoms with Gasteiger partial charge in [-0.1, -0.05) is 29.8 Å². The first-order valence-electron chi connectivity index (χ1n) is 10.2. The average molecular weight is 432 g/mol. The Morgan fingerprint density at radius 1 is 1.30 bits per heavy atom. The molecule has 1 amide bonds. The number of amides is 1. The lowest BCUT2D eigenvalue weighted by Gasteiger charge is -2.32. The monoisotopic (exact) mass is 431 g/mol. The van der Waals surface area contributed by atoms with E-state index in [1.165, 1.54) is 11.3 Å². The van der Waals surface area contributed by atoms with Crippen LogP contribution in [0, 0.1) is 6.92 Å². The van der Waals surface area contributed by atoms with Crippen molar-refractivity contribution in [2.24, 2.45) is 0 Å². The molecule has 1 aliphatic rings. The van der Waals surface area contributed by atoms with Crippen LogP contribution in [-0.2, 0) is 16.1 Å². The largest absolute Gasteiger partial charge is 0.495 e. The Hall–Kier alpha value is -2.28. The fourth-order valence-corrected chi connectivity index (χ4v) is 3.68. The van der Waals surface area contributed by atoms with Gasteiger partial charge in [-0.05, 0) is 44.2 Å². The Labute approximate surface area is 183 Å². The molecule has 1 fully saturated rings. The number of nitrogens with one attached hydrogen (secondary N) is 1. The second-order valence-corrected chi connectivity index (χ2v) is 8.02. The highest BCUT2D eigenvalue weighted by molar-refractivity contribution is 6.31. The molecule has 0 aromatic heterocycles. The van der Waals surface area contributed by atoms with E-state index >= 15 is 0 Å². The lowest BCUT2D eigenvalue weighted by Crippen LogP contribution is -2.40. The van der Waals surface area contributed by atoms with Crippen LogP contribution >= 0.6 is 11.6 Å². The Balaban J connectivity index is 1.70. The molecule has 0 saturated carbocycles. The summed E-state index contributed by atoms with van der Waals surface area (Å²) in [6.45, 7) is 7.71. The summed E-state index contributed by atoms with van der Waals surface area (Å²) in [5.41, 5.74) is 3.91. The number of morpholine rings is 1. The SMILES string of the molecule is COc1cc(Cl)c(C)cc1NC(=O)C(C)N(C)Cc1ccccc1N1CCOCC1. The fraction of sp³-hybridized carbons (Fsp3) is 0.435. The summed E-state index contributed by atoms with van der Waals surface area (Å²) >= 11 is 6.17. The molecule has 1 aliphatic heterocycles.